The molecule has 1 N–H and O–H groups in total. The van der Waals surface area contributed by atoms with E-state index < -0.39 is 0 Å². The minimum Gasteiger partial charge on any atom is -0.338 e. The smallest absolute Gasteiger partial charge is 0.266 e. The summed E-state index contributed by atoms with van der Waals surface area (Å²) in [7, 11) is 0. The van der Waals surface area contributed by atoms with Gasteiger partial charge in [-0.2, -0.15) is 19.3 Å². The van der Waals surface area contributed by atoms with Gasteiger partial charge in [0.1, 0.15) is 33.5 Å². The summed E-state index contributed by atoms with van der Waals surface area (Å²) in [6.07, 6.45) is 13.1. The number of fused-ring (bicyclic) bond motifs is 4. The van der Waals surface area contributed by atoms with Gasteiger partial charge < -0.3 is 9.88 Å². The van der Waals surface area contributed by atoms with Gasteiger partial charge in [0.25, 0.3) is 5.56 Å². The number of unbranched alkanes of at least 4 members (excludes halogenated alkanes) is 3. The number of rotatable bonds is 10. The highest BCUT2D eigenvalue weighted by atomic mass is 32.1. The van der Waals surface area contributed by atoms with Crippen LogP contribution < -0.4 is 19.7 Å². The Morgan fingerprint density at radius 2 is 1.79 bits per heavy atom. The maximum atomic E-state index is 12.7. The molecule has 0 spiro atoms. The number of thiazole rings is 1. The number of aryl methyl sites for hydroxylation is 2. The van der Waals surface area contributed by atoms with Crippen molar-refractivity contribution in [3.8, 4) is 43.6 Å². The molecule has 2 unspecified atom stereocenters. The predicted octanol–water partition coefficient (Wildman–Crippen LogP) is 10.2. The summed E-state index contributed by atoms with van der Waals surface area (Å²) in [5, 5.41) is 18.5. The summed E-state index contributed by atoms with van der Waals surface area (Å²) in [4.78, 5) is 27.4. The van der Waals surface area contributed by atoms with Gasteiger partial charge in [-0.15, -0.1) is 34.0 Å². The van der Waals surface area contributed by atoms with E-state index in [1.54, 1.807) is 22.7 Å². The molecule has 2 aliphatic rings. The first kappa shape index (κ1) is 36.4. The highest BCUT2D eigenvalue weighted by molar-refractivity contribution is 7.24. The van der Waals surface area contributed by atoms with Crippen molar-refractivity contribution in [3.05, 3.63) is 108 Å². The fraction of sp³-hybridized carbons (Fsp3) is 0.273. The lowest BCUT2D eigenvalue weighted by atomic mass is 9.94. The number of thiophene rings is 2. The van der Waals surface area contributed by atoms with Gasteiger partial charge in [-0.1, -0.05) is 56.4 Å². The quantitative estimate of drug-likeness (QED) is 0.137. The van der Waals surface area contributed by atoms with Gasteiger partial charge in [-0.3, -0.25) is 9.78 Å². The predicted molar refractivity (Wildman–Crippen MR) is 231 cm³/mol. The molecular weight excluding hydrogens is 771 g/mol. The summed E-state index contributed by atoms with van der Waals surface area (Å²) < 4.78 is 10.4. The van der Waals surface area contributed by atoms with Gasteiger partial charge in [0.2, 0.25) is 0 Å². The van der Waals surface area contributed by atoms with Crippen LogP contribution in [-0.2, 0) is 6.42 Å². The molecule has 0 bridgehead atoms. The van der Waals surface area contributed by atoms with Crippen LogP contribution >= 0.6 is 45.7 Å². The molecule has 9 rings (SSSR count). The fourth-order valence-electron chi connectivity index (χ4n) is 8.27. The number of aromatic amines is 1. The topological polar surface area (TPSA) is 122 Å². The zero-order valence-corrected chi connectivity index (χ0v) is 34.2. The summed E-state index contributed by atoms with van der Waals surface area (Å²) in [5.41, 5.74) is 10.9. The lowest BCUT2D eigenvalue weighted by Gasteiger charge is -2.27. The molecule has 8 nitrogen and oxygen atoms in total. The van der Waals surface area contributed by atoms with Crippen LogP contribution in [0.15, 0.2) is 71.7 Å². The zero-order valence-electron chi connectivity index (χ0n) is 31.0. The monoisotopic (exact) mass is 807 g/mol. The van der Waals surface area contributed by atoms with E-state index >= 15 is 0 Å². The molecule has 1 aliphatic heterocycles. The lowest BCUT2D eigenvalue weighted by Crippen LogP contribution is -2.26. The molecule has 1 saturated carbocycles. The molecule has 2 atom stereocenters. The van der Waals surface area contributed by atoms with Crippen molar-refractivity contribution in [1.82, 2.24) is 18.7 Å². The normalized spacial score (nSPS) is 16.3. The second-order valence-corrected chi connectivity index (χ2v) is 18.3. The summed E-state index contributed by atoms with van der Waals surface area (Å²) >= 11 is 5.73. The van der Waals surface area contributed by atoms with Crippen LogP contribution in [0.4, 0.5) is 11.4 Å². The second-order valence-electron chi connectivity index (χ2n) is 14.5. The number of pyridine rings is 1. The fourth-order valence-corrected chi connectivity index (χ4v) is 12.1. The molecular formula is C44H37N7OS4. The van der Waals surface area contributed by atoms with Crippen molar-refractivity contribution < 1.29 is 0 Å². The van der Waals surface area contributed by atoms with Crippen molar-refractivity contribution in [2.45, 2.75) is 77.2 Å². The first-order chi connectivity index (χ1) is 27.4. The first-order valence-electron chi connectivity index (χ1n) is 19.0. The van der Waals surface area contributed by atoms with Crippen molar-refractivity contribution >= 4 is 79.8 Å². The molecule has 2 aromatic carbocycles. The van der Waals surface area contributed by atoms with Crippen LogP contribution in [0.3, 0.4) is 0 Å². The van der Waals surface area contributed by atoms with Crippen molar-refractivity contribution in [1.29, 1.82) is 10.5 Å². The number of H-pyrrole nitrogens is 1. The number of hydrogen-bond donors (Lipinski definition) is 1. The number of aromatic nitrogens is 4. The second kappa shape index (κ2) is 15.4. The molecule has 7 aromatic rings. The number of hydrogen-bond acceptors (Lipinski definition) is 11. The van der Waals surface area contributed by atoms with E-state index in [9.17, 15) is 15.3 Å². The third-order valence-electron chi connectivity index (χ3n) is 11.0. The zero-order chi connectivity index (χ0) is 38.3. The van der Waals surface area contributed by atoms with E-state index in [0.717, 1.165) is 66.7 Å². The Morgan fingerprint density at radius 3 is 2.61 bits per heavy atom. The van der Waals surface area contributed by atoms with E-state index in [1.165, 1.54) is 83.2 Å². The Balaban J connectivity index is 1.07. The van der Waals surface area contributed by atoms with Gasteiger partial charge in [-0.25, -0.2) is 0 Å². The van der Waals surface area contributed by atoms with Gasteiger partial charge in [0, 0.05) is 49.7 Å². The Bertz CT molecular complexity index is 2860. The molecule has 56 heavy (non-hydrogen) atoms. The van der Waals surface area contributed by atoms with E-state index in [-0.39, 0.29) is 15.8 Å². The van der Waals surface area contributed by atoms with Gasteiger partial charge in [0.15, 0.2) is 5.57 Å². The maximum absolute atomic E-state index is 12.7. The average molecular weight is 808 g/mol. The molecule has 0 radical (unpaired) electrons. The van der Waals surface area contributed by atoms with Crippen molar-refractivity contribution in [2.24, 2.45) is 0 Å². The van der Waals surface area contributed by atoms with Crippen LogP contribution in [0.1, 0.15) is 79.4 Å². The Labute approximate surface area is 340 Å². The number of anilines is 2. The third-order valence-corrected chi connectivity index (χ3v) is 14.9. The van der Waals surface area contributed by atoms with Gasteiger partial charge in [0.05, 0.1) is 21.1 Å². The lowest BCUT2D eigenvalue weighted by molar-refractivity contribution is 0.642. The largest absolute Gasteiger partial charge is 0.338 e. The van der Waals surface area contributed by atoms with Crippen molar-refractivity contribution in [2.75, 3.05) is 4.90 Å². The Hall–Kier alpha value is -5.24. The summed E-state index contributed by atoms with van der Waals surface area (Å²) in [6.45, 7) is 4.37. The molecule has 278 valence electrons. The van der Waals surface area contributed by atoms with Crippen LogP contribution in [0.25, 0.3) is 54.1 Å². The summed E-state index contributed by atoms with van der Waals surface area (Å²) in [5.74, 6) is 0.514. The summed E-state index contributed by atoms with van der Waals surface area (Å²) in [6, 6.07) is 26.5. The maximum Gasteiger partial charge on any atom is 0.266 e. The molecule has 1 aliphatic carbocycles. The SMILES string of the molecule is CCCCCCc1cc(-c2ncc(-c3ccc4c(c3)C3CCCC3N4c3ccc(C)cc3)c3nsnc23)sc1-c1ccc(/C=c2\sc(=C(C#N)C#N)[nH]c2=O)s1. The van der Waals surface area contributed by atoms with Crippen LogP contribution in [0, 0.1) is 29.6 Å². The Kier molecular flexibility index (Phi) is 9.98. The minimum atomic E-state index is -0.305. The van der Waals surface area contributed by atoms with E-state index in [0.29, 0.717) is 16.5 Å². The van der Waals surface area contributed by atoms with E-state index in [1.807, 2.05) is 30.5 Å². The highest BCUT2D eigenvalue weighted by Gasteiger charge is 2.42. The van der Waals surface area contributed by atoms with Gasteiger partial charge >= 0.3 is 0 Å². The number of benzene rings is 2. The van der Waals surface area contributed by atoms with Gasteiger partial charge in [-0.05, 0) is 97.8 Å². The van der Waals surface area contributed by atoms with Crippen LogP contribution in [-0.4, -0.2) is 24.8 Å². The number of nitrogens with one attached hydrogen (secondary N) is 1. The van der Waals surface area contributed by atoms with Crippen LogP contribution in [0.5, 0.6) is 0 Å². The third kappa shape index (κ3) is 6.61. The molecule has 0 saturated heterocycles. The standard InChI is InChI=1S/C44H37N7OS4/c1-3-4-5-6-8-27-20-37(54-42(27)36-18-16-30(53-36)21-38-43(52)48-44(55-38)28(22-45)23-46)40-41-39(49-56-50-41)33(24-47-40)26-13-17-35-32(19-26)31-9-7-10-34(31)51(35)29-14-11-25(2)12-15-29/h11-21,24,31,34H,3-10H2,1-2H3,(H,48,52)/b38-21-. The van der Waals surface area contributed by atoms with E-state index in [4.69, 9.17) is 13.7 Å². The first-order valence-corrected chi connectivity index (χ1v) is 22.2. The highest BCUT2D eigenvalue weighted by Crippen LogP contribution is 2.53. The molecule has 0 amide bonds. The molecule has 1 fully saturated rings. The number of nitrogens with zero attached hydrogens (tertiary/aromatic N) is 6. The minimum absolute atomic E-state index is 0.0942. The molecule has 6 heterocycles. The Morgan fingerprint density at radius 1 is 0.946 bits per heavy atom. The average Bonchev–Trinajstić information content (AvgIpc) is 4.07. The number of nitriles is 2. The van der Waals surface area contributed by atoms with Crippen molar-refractivity contribution in [3.63, 3.8) is 0 Å². The molecule has 5 aromatic heterocycles. The molecule has 12 heteroatoms. The van der Waals surface area contributed by atoms with E-state index in [2.05, 4.69) is 78.3 Å². The van der Waals surface area contributed by atoms with Crippen LogP contribution in [0.2, 0.25) is 0 Å².